The van der Waals surface area contributed by atoms with Gasteiger partial charge in [-0.1, -0.05) is 18.2 Å². The Bertz CT molecular complexity index is 645. The van der Waals surface area contributed by atoms with Gasteiger partial charge in [-0.2, -0.15) is 0 Å². The standard InChI is InChI=1S/C20H28N4O2.ClH/c25-19(15-21-14-16-6-7-16)23-12-10-22(11-13-23)18-8-9-24(20(18)26)17-4-2-1-3-5-17;/h1-5,16,18,21H,6-15H2;1H. The molecule has 0 radical (unpaired) electrons. The lowest BCUT2D eigenvalue weighted by Crippen LogP contribution is -2.55. The second kappa shape index (κ2) is 9.04. The van der Waals surface area contributed by atoms with E-state index in [1.165, 1.54) is 12.8 Å². The molecule has 3 fully saturated rings. The fraction of sp³-hybridized carbons (Fsp3) is 0.600. The van der Waals surface area contributed by atoms with Gasteiger partial charge < -0.3 is 15.1 Å². The summed E-state index contributed by atoms with van der Waals surface area (Å²) in [5.41, 5.74) is 0.982. The Hall–Kier alpha value is -1.63. The number of rotatable bonds is 6. The molecule has 1 aromatic rings. The average Bonchev–Trinajstić information content (AvgIpc) is 3.42. The van der Waals surface area contributed by atoms with Crippen LogP contribution in [0.25, 0.3) is 0 Å². The van der Waals surface area contributed by atoms with Crippen LogP contribution in [-0.4, -0.2) is 73.5 Å². The first-order valence-electron chi connectivity index (χ1n) is 9.81. The molecule has 2 saturated heterocycles. The van der Waals surface area contributed by atoms with E-state index in [0.717, 1.165) is 57.3 Å². The van der Waals surface area contributed by atoms with Crippen molar-refractivity contribution in [1.82, 2.24) is 15.1 Å². The summed E-state index contributed by atoms with van der Waals surface area (Å²) in [6.07, 6.45) is 3.47. The summed E-state index contributed by atoms with van der Waals surface area (Å²) in [5.74, 6) is 1.18. The Balaban J connectivity index is 0.00000210. The molecule has 1 aliphatic carbocycles. The zero-order valence-corrected chi connectivity index (χ0v) is 16.5. The van der Waals surface area contributed by atoms with Crippen LogP contribution in [0.2, 0.25) is 0 Å². The highest BCUT2D eigenvalue weighted by Crippen LogP contribution is 2.27. The molecule has 4 rings (SSSR count). The van der Waals surface area contributed by atoms with Crippen molar-refractivity contribution in [2.24, 2.45) is 5.92 Å². The number of carbonyl (C=O) groups excluding carboxylic acids is 2. The number of anilines is 1. The van der Waals surface area contributed by atoms with E-state index in [0.29, 0.717) is 6.54 Å². The molecule has 148 valence electrons. The highest BCUT2D eigenvalue weighted by molar-refractivity contribution is 5.99. The first-order chi connectivity index (χ1) is 12.7. The molecule has 0 spiro atoms. The second-order valence-corrected chi connectivity index (χ2v) is 7.62. The molecule has 7 heteroatoms. The van der Waals surface area contributed by atoms with E-state index in [1.807, 2.05) is 40.1 Å². The molecule has 1 unspecified atom stereocenters. The number of hydrogen-bond acceptors (Lipinski definition) is 4. The largest absolute Gasteiger partial charge is 0.339 e. The smallest absolute Gasteiger partial charge is 0.244 e. The lowest BCUT2D eigenvalue weighted by atomic mass is 10.1. The van der Waals surface area contributed by atoms with Gasteiger partial charge in [-0.15, -0.1) is 12.4 Å². The molecule has 1 saturated carbocycles. The van der Waals surface area contributed by atoms with E-state index in [1.54, 1.807) is 0 Å². The van der Waals surface area contributed by atoms with Crippen LogP contribution in [0.1, 0.15) is 19.3 Å². The maximum atomic E-state index is 12.8. The number of para-hydroxylation sites is 1. The highest BCUT2D eigenvalue weighted by atomic mass is 35.5. The summed E-state index contributed by atoms with van der Waals surface area (Å²) in [6, 6.07) is 9.85. The SMILES string of the molecule is Cl.O=C(CNCC1CC1)N1CCN(C2CCN(c3ccccc3)C2=O)CC1. The minimum absolute atomic E-state index is 0. The third-order valence-electron chi connectivity index (χ3n) is 5.76. The van der Waals surface area contributed by atoms with Gasteiger partial charge >= 0.3 is 0 Å². The van der Waals surface area contributed by atoms with Crippen molar-refractivity contribution < 1.29 is 9.59 Å². The molecule has 0 bridgehead atoms. The Morgan fingerprint density at radius 2 is 1.70 bits per heavy atom. The number of piperazine rings is 1. The molecule has 2 amide bonds. The Labute approximate surface area is 167 Å². The number of amides is 2. The number of nitrogens with zero attached hydrogens (tertiary/aromatic N) is 3. The molecule has 3 aliphatic rings. The fourth-order valence-corrected chi connectivity index (χ4v) is 3.97. The van der Waals surface area contributed by atoms with Gasteiger partial charge in [-0.25, -0.2) is 0 Å². The molecule has 1 atom stereocenters. The average molecular weight is 393 g/mol. The van der Waals surface area contributed by atoms with Gasteiger partial charge in [-0.3, -0.25) is 14.5 Å². The maximum Gasteiger partial charge on any atom is 0.244 e. The molecular weight excluding hydrogens is 364 g/mol. The van der Waals surface area contributed by atoms with E-state index in [-0.39, 0.29) is 30.3 Å². The van der Waals surface area contributed by atoms with Gasteiger partial charge in [0.1, 0.15) is 0 Å². The van der Waals surface area contributed by atoms with E-state index in [9.17, 15) is 9.59 Å². The zero-order valence-electron chi connectivity index (χ0n) is 15.7. The second-order valence-electron chi connectivity index (χ2n) is 7.62. The third-order valence-corrected chi connectivity index (χ3v) is 5.76. The van der Waals surface area contributed by atoms with Gasteiger partial charge in [0.15, 0.2) is 0 Å². The molecule has 1 N–H and O–H groups in total. The van der Waals surface area contributed by atoms with Crippen LogP contribution in [0, 0.1) is 5.92 Å². The first kappa shape index (κ1) is 20.1. The quantitative estimate of drug-likeness (QED) is 0.794. The Kier molecular flexibility index (Phi) is 6.73. The van der Waals surface area contributed by atoms with Gasteiger partial charge in [0, 0.05) is 38.4 Å². The molecule has 0 aromatic heterocycles. The number of hydrogen-bond donors (Lipinski definition) is 1. The third kappa shape index (κ3) is 4.81. The summed E-state index contributed by atoms with van der Waals surface area (Å²) < 4.78 is 0. The van der Waals surface area contributed by atoms with Crippen LogP contribution in [-0.2, 0) is 9.59 Å². The number of benzene rings is 1. The van der Waals surface area contributed by atoms with E-state index in [2.05, 4.69) is 10.2 Å². The monoisotopic (exact) mass is 392 g/mol. The Morgan fingerprint density at radius 3 is 2.37 bits per heavy atom. The van der Waals surface area contributed by atoms with E-state index >= 15 is 0 Å². The summed E-state index contributed by atoms with van der Waals surface area (Å²) in [5, 5.41) is 3.28. The lowest BCUT2D eigenvalue weighted by molar-refractivity contribution is -0.132. The summed E-state index contributed by atoms with van der Waals surface area (Å²) in [7, 11) is 0. The van der Waals surface area contributed by atoms with Crippen molar-refractivity contribution in [3.05, 3.63) is 30.3 Å². The van der Waals surface area contributed by atoms with Crippen molar-refractivity contribution in [1.29, 1.82) is 0 Å². The topological polar surface area (TPSA) is 55.9 Å². The normalized spacial score (nSPS) is 23.4. The zero-order chi connectivity index (χ0) is 17.9. The number of carbonyl (C=O) groups is 2. The minimum Gasteiger partial charge on any atom is -0.339 e. The van der Waals surface area contributed by atoms with Crippen molar-refractivity contribution in [2.75, 3.05) is 50.7 Å². The minimum atomic E-state index is -0.0413. The van der Waals surface area contributed by atoms with Crippen molar-refractivity contribution in [3.8, 4) is 0 Å². The molecule has 2 heterocycles. The lowest BCUT2D eigenvalue weighted by Gasteiger charge is -2.37. The van der Waals surface area contributed by atoms with Crippen LogP contribution in [0.15, 0.2) is 30.3 Å². The predicted octanol–water partition coefficient (Wildman–Crippen LogP) is 1.36. The van der Waals surface area contributed by atoms with E-state index < -0.39 is 0 Å². The summed E-state index contributed by atoms with van der Waals surface area (Å²) >= 11 is 0. The van der Waals surface area contributed by atoms with Crippen molar-refractivity contribution in [3.63, 3.8) is 0 Å². The molecule has 27 heavy (non-hydrogen) atoms. The van der Waals surface area contributed by atoms with Crippen LogP contribution < -0.4 is 10.2 Å². The van der Waals surface area contributed by atoms with E-state index in [4.69, 9.17) is 0 Å². The number of halogens is 1. The van der Waals surface area contributed by atoms with Crippen molar-refractivity contribution >= 4 is 29.9 Å². The highest BCUT2D eigenvalue weighted by Gasteiger charge is 2.38. The number of nitrogens with one attached hydrogen (secondary N) is 1. The molecule has 6 nitrogen and oxygen atoms in total. The Morgan fingerprint density at radius 1 is 1.00 bits per heavy atom. The van der Waals surface area contributed by atoms with Gasteiger partial charge in [0.25, 0.3) is 0 Å². The molecular formula is C20H29ClN4O2. The maximum absolute atomic E-state index is 12.8. The van der Waals surface area contributed by atoms with Crippen LogP contribution in [0.3, 0.4) is 0 Å². The molecule has 2 aliphatic heterocycles. The summed E-state index contributed by atoms with van der Waals surface area (Å²) in [4.78, 5) is 31.2. The van der Waals surface area contributed by atoms with Crippen LogP contribution in [0.4, 0.5) is 5.69 Å². The first-order valence-corrected chi connectivity index (χ1v) is 9.81. The van der Waals surface area contributed by atoms with Gasteiger partial charge in [-0.05, 0) is 43.9 Å². The van der Waals surface area contributed by atoms with Crippen LogP contribution >= 0.6 is 12.4 Å². The van der Waals surface area contributed by atoms with Gasteiger partial charge in [0.2, 0.25) is 11.8 Å². The van der Waals surface area contributed by atoms with Crippen molar-refractivity contribution in [2.45, 2.75) is 25.3 Å². The van der Waals surface area contributed by atoms with Gasteiger partial charge in [0.05, 0.1) is 12.6 Å². The molecule has 1 aromatic carbocycles. The predicted molar refractivity (Wildman–Crippen MR) is 108 cm³/mol. The summed E-state index contributed by atoms with van der Waals surface area (Å²) in [6.45, 7) is 5.20. The fourth-order valence-electron chi connectivity index (χ4n) is 3.97. The van der Waals surface area contributed by atoms with Crippen LogP contribution in [0.5, 0.6) is 0 Å².